The van der Waals surface area contributed by atoms with Crippen molar-refractivity contribution in [3.8, 4) is 0 Å². The van der Waals surface area contributed by atoms with Gasteiger partial charge in [0, 0.05) is 6.42 Å². The van der Waals surface area contributed by atoms with E-state index in [1.165, 1.54) is 0 Å². The summed E-state index contributed by atoms with van der Waals surface area (Å²) < 4.78 is 10.7. The molecule has 0 bridgehead atoms. The first kappa shape index (κ1) is 22.7. The van der Waals surface area contributed by atoms with Crippen LogP contribution in [0.1, 0.15) is 65.5 Å². The van der Waals surface area contributed by atoms with E-state index in [1.807, 2.05) is 32.9 Å². The van der Waals surface area contributed by atoms with Crippen LogP contribution >= 0.6 is 0 Å². The lowest BCUT2D eigenvalue weighted by Gasteiger charge is -2.24. The van der Waals surface area contributed by atoms with Crippen LogP contribution in [0.4, 0.5) is 4.79 Å². The molecule has 7 heteroatoms. The zero-order chi connectivity index (χ0) is 22.0. The zero-order valence-electron chi connectivity index (χ0n) is 18.0. The zero-order valence-corrected chi connectivity index (χ0v) is 18.0. The van der Waals surface area contributed by atoms with Crippen LogP contribution in [0.15, 0.2) is 24.3 Å². The van der Waals surface area contributed by atoms with Crippen molar-refractivity contribution in [2.24, 2.45) is 0 Å². The van der Waals surface area contributed by atoms with Gasteiger partial charge in [0.15, 0.2) is 0 Å². The Labute approximate surface area is 171 Å². The summed E-state index contributed by atoms with van der Waals surface area (Å²) in [5.41, 5.74) is -0.268. The van der Waals surface area contributed by atoms with Crippen molar-refractivity contribution in [3.05, 3.63) is 35.4 Å². The van der Waals surface area contributed by atoms with Crippen molar-refractivity contribution >= 4 is 18.0 Å². The molecule has 29 heavy (non-hydrogen) atoms. The first-order valence-electron chi connectivity index (χ1n) is 9.77. The summed E-state index contributed by atoms with van der Waals surface area (Å²) in [6, 6.07) is 6.12. The second-order valence-electron chi connectivity index (χ2n) is 9.52. The number of carboxylic acid groups (broad SMARTS) is 1. The standard InChI is InChI=1S/C22H31NO6/c1-20(2,3)28-18(26)22(11-12-22)15-9-7-14(8-10-15)13-16(17(24)25)23-19(27)29-21(4,5)6/h7-10,16H,11-13H2,1-6H3,(H,23,27)(H,24,25). The highest BCUT2D eigenvalue weighted by molar-refractivity contribution is 5.87. The molecule has 1 atom stereocenters. The Morgan fingerprint density at radius 3 is 1.93 bits per heavy atom. The maximum atomic E-state index is 12.6. The van der Waals surface area contributed by atoms with Crippen molar-refractivity contribution in [3.63, 3.8) is 0 Å². The fourth-order valence-corrected chi connectivity index (χ4v) is 2.96. The van der Waals surface area contributed by atoms with Gasteiger partial charge in [0.1, 0.15) is 17.2 Å². The summed E-state index contributed by atoms with van der Waals surface area (Å²) in [5.74, 6) is -1.37. The number of hydrogen-bond acceptors (Lipinski definition) is 5. The van der Waals surface area contributed by atoms with Crippen molar-refractivity contribution in [1.82, 2.24) is 5.32 Å². The van der Waals surface area contributed by atoms with Gasteiger partial charge in [0.2, 0.25) is 0 Å². The van der Waals surface area contributed by atoms with Gasteiger partial charge in [-0.3, -0.25) is 4.79 Å². The molecule has 160 valence electrons. The minimum absolute atomic E-state index is 0.105. The van der Waals surface area contributed by atoms with E-state index in [0.717, 1.165) is 24.0 Å². The number of ether oxygens (including phenoxy) is 2. The number of carbonyl (C=O) groups is 3. The molecule has 0 saturated heterocycles. The molecule has 1 aliphatic carbocycles. The average Bonchev–Trinajstić information content (AvgIpc) is 3.33. The molecule has 1 aliphatic rings. The molecule has 1 amide bonds. The van der Waals surface area contributed by atoms with E-state index < -0.39 is 34.7 Å². The quantitative estimate of drug-likeness (QED) is 0.702. The van der Waals surface area contributed by atoms with Crippen molar-refractivity contribution in [1.29, 1.82) is 0 Å². The lowest BCUT2D eigenvalue weighted by Crippen LogP contribution is -2.44. The van der Waals surface area contributed by atoms with E-state index in [2.05, 4.69) is 5.32 Å². The number of alkyl carbamates (subject to hydrolysis) is 1. The van der Waals surface area contributed by atoms with Crippen LogP contribution in [-0.4, -0.2) is 40.4 Å². The van der Waals surface area contributed by atoms with E-state index in [-0.39, 0.29) is 12.4 Å². The number of carbonyl (C=O) groups excluding carboxylic acids is 2. The molecule has 0 spiro atoms. The van der Waals surface area contributed by atoms with Crippen LogP contribution < -0.4 is 5.32 Å². The van der Waals surface area contributed by atoms with Gasteiger partial charge in [-0.05, 0) is 65.5 Å². The van der Waals surface area contributed by atoms with Crippen molar-refractivity contribution in [2.75, 3.05) is 0 Å². The Balaban J connectivity index is 2.06. The highest BCUT2D eigenvalue weighted by Crippen LogP contribution is 2.49. The Kier molecular flexibility index (Phi) is 6.30. The normalized spacial score (nSPS) is 16.5. The number of carboxylic acids is 1. The predicted molar refractivity (Wildman–Crippen MR) is 108 cm³/mol. The van der Waals surface area contributed by atoms with E-state index in [4.69, 9.17) is 9.47 Å². The van der Waals surface area contributed by atoms with E-state index in [9.17, 15) is 19.5 Å². The van der Waals surface area contributed by atoms with E-state index in [1.54, 1.807) is 32.9 Å². The molecule has 7 nitrogen and oxygen atoms in total. The predicted octanol–water partition coefficient (Wildman–Crippen LogP) is 3.58. The van der Waals surface area contributed by atoms with Crippen molar-refractivity contribution < 1.29 is 29.0 Å². The van der Waals surface area contributed by atoms with E-state index >= 15 is 0 Å². The summed E-state index contributed by atoms with van der Waals surface area (Å²) in [7, 11) is 0. The topological polar surface area (TPSA) is 102 Å². The third-order valence-corrected chi connectivity index (χ3v) is 4.48. The largest absolute Gasteiger partial charge is 0.480 e. The smallest absolute Gasteiger partial charge is 0.408 e. The Bertz CT molecular complexity index is 766. The first-order chi connectivity index (χ1) is 13.2. The monoisotopic (exact) mass is 405 g/mol. The molecular formula is C22H31NO6. The van der Waals surface area contributed by atoms with Crippen LogP contribution in [0.25, 0.3) is 0 Å². The number of hydrogen-bond donors (Lipinski definition) is 2. The summed E-state index contributed by atoms with van der Waals surface area (Å²) in [6.45, 7) is 10.6. The van der Waals surface area contributed by atoms with Gasteiger partial charge < -0.3 is 19.9 Å². The third-order valence-electron chi connectivity index (χ3n) is 4.48. The second-order valence-corrected chi connectivity index (χ2v) is 9.52. The second kappa shape index (κ2) is 8.05. The van der Waals surface area contributed by atoms with Crippen LogP contribution in [0.2, 0.25) is 0 Å². The van der Waals surface area contributed by atoms with Crippen LogP contribution in [0.3, 0.4) is 0 Å². The van der Waals surface area contributed by atoms with Gasteiger partial charge >= 0.3 is 18.0 Å². The summed E-state index contributed by atoms with van der Waals surface area (Å²) in [6.07, 6.45) is 0.801. The van der Waals surface area contributed by atoms with Gasteiger partial charge in [-0.2, -0.15) is 0 Å². The molecule has 1 aromatic rings. The number of nitrogens with one attached hydrogen (secondary N) is 1. The first-order valence-corrected chi connectivity index (χ1v) is 9.77. The van der Waals surface area contributed by atoms with Crippen molar-refractivity contribution in [2.45, 2.75) is 83.5 Å². The number of esters is 1. The Hall–Kier alpha value is -2.57. The minimum atomic E-state index is -1.15. The van der Waals surface area contributed by atoms with E-state index in [0.29, 0.717) is 0 Å². The molecule has 1 saturated carbocycles. The SMILES string of the molecule is CC(C)(C)OC(=O)NC(Cc1ccc(C2(C(=O)OC(C)(C)C)CC2)cc1)C(=O)O. The number of rotatable bonds is 6. The molecule has 2 N–H and O–H groups in total. The molecule has 0 aromatic heterocycles. The Morgan fingerprint density at radius 1 is 1.00 bits per heavy atom. The van der Waals surface area contributed by atoms with Gasteiger partial charge in [0.25, 0.3) is 0 Å². The molecule has 1 aromatic carbocycles. The molecule has 0 heterocycles. The third kappa shape index (κ3) is 6.48. The maximum Gasteiger partial charge on any atom is 0.408 e. The molecule has 1 fully saturated rings. The average molecular weight is 405 g/mol. The van der Waals surface area contributed by atoms with Gasteiger partial charge in [-0.25, -0.2) is 9.59 Å². The van der Waals surface area contributed by atoms with Crippen LogP contribution in [0.5, 0.6) is 0 Å². The van der Waals surface area contributed by atoms with Gasteiger partial charge in [-0.15, -0.1) is 0 Å². The summed E-state index contributed by atoms with van der Waals surface area (Å²) in [4.78, 5) is 36.0. The minimum Gasteiger partial charge on any atom is -0.480 e. The fraction of sp³-hybridized carbons (Fsp3) is 0.591. The van der Waals surface area contributed by atoms with Gasteiger partial charge in [0.05, 0.1) is 5.41 Å². The molecule has 0 aliphatic heterocycles. The fourth-order valence-electron chi connectivity index (χ4n) is 2.96. The number of benzene rings is 1. The molecule has 1 unspecified atom stereocenters. The maximum absolute atomic E-state index is 12.6. The Morgan fingerprint density at radius 2 is 1.52 bits per heavy atom. The highest BCUT2D eigenvalue weighted by atomic mass is 16.6. The summed E-state index contributed by atoms with van der Waals surface area (Å²) >= 11 is 0. The lowest BCUT2D eigenvalue weighted by atomic mass is 9.93. The van der Waals surface area contributed by atoms with Crippen LogP contribution in [-0.2, 0) is 30.9 Å². The molecular weight excluding hydrogens is 374 g/mol. The summed E-state index contributed by atoms with van der Waals surface area (Å²) in [5, 5.41) is 11.8. The molecule has 0 radical (unpaired) electrons. The highest BCUT2D eigenvalue weighted by Gasteiger charge is 2.53. The molecule has 2 rings (SSSR count). The number of amides is 1. The van der Waals surface area contributed by atoms with Gasteiger partial charge in [-0.1, -0.05) is 24.3 Å². The number of aliphatic carboxylic acids is 1. The lowest BCUT2D eigenvalue weighted by molar-refractivity contribution is -0.158. The van der Waals surface area contributed by atoms with Crippen LogP contribution in [0, 0.1) is 0 Å².